The summed E-state index contributed by atoms with van der Waals surface area (Å²) in [7, 11) is 1.92. The van der Waals surface area contributed by atoms with E-state index in [1.165, 1.54) is 5.56 Å². The lowest BCUT2D eigenvalue weighted by Crippen LogP contribution is -2.07. The summed E-state index contributed by atoms with van der Waals surface area (Å²) < 4.78 is 11.1. The molecule has 0 radical (unpaired) electrons. The molecule has 2 aromatic rings. The van der Waals surface area contributed by atoms with E-state index in [0.717, 1.165) is 23.7 Å². The van der Waals surface area contributed by atoms with Crippen LogP contribution in [0.15, 0.2) is 36.4 Å². The molecule has 0 aliphatic heterocycles. The first-order valence-corrected chi connectivity index (χ1v) is 6.74. The summed E-state index contributed by atoms with van der Waals surface area (Å²) in [6.07, 6.45) is 0. The van der Waals surface area contributed by atoms with Crippen LogP contribution in [-0.2, 0) is 6.54 Å². The lowest BCUT2D eigenvalue weighted by molar-refractivity contribution is 0.339. The fourth-order valence-corrected chi connectivity index (χ4v) is 1.89. The van der Waals surface area contributed by atoms with E-state index in [4.69, 9.17) is 9.47 Å². The van der Waals surface area contributed by atoms with Gasteiger partial charge in [-0.3, -0.25) is 0 Å². The van der Waals surface area contributed by atoms with Gasteiger partial charge in [-0.15, -0.1) is 0 Å². The van der Waals surface area contributed by atoms with Crippen LogP contribution in [0, 0.1) is 6.92 Å². The van der Waals surface area contributed by atoms with Gasteiger partial charge in [0.05, 0.1) is 6.61 Å². The Morgan fingerprint density at radius 3 is 2.35 bits per heavy atom. The predicted molar refractivity (Wildman–Crippen MR) is 79.4 cm³/mol. The first-order chi connectivity index (χ1) is 9.72. The summed E-state index contributed by atoms with van der Waals surface area (Å²) in [5, 5.41) is 3.12. The maximum absolute atomic E-state index is 5.74. The largest absolute Gasteiger partial charge is 0.494 e. The fraction of sp³-hybridized carbons (Fsp3) is 0.312. The molecule has 0 amide bonds. The quantitative estimate of drug-likeness (QED) is 0.876. The summed E-state index contributed by atoms with van der Waals surface area (Å²) in [6, 6.07) is 11.5. The van der Waals surface area contributed by atoms with E-state index in [-0.39, 0.29) is 0 Å². The van der Waals surface area contributed by atoms with E-state index in [1.54, 1.807) is 0 Å². The summed E-state index contributed by atoms with van der Waals surface area (Å²) >= 11 is 0. The molecule has 4 heteroatoms. The number of hydrogen-bond donors (Lipinski definition) is 1. The van der Waals surface area contributed by atoms with Crippen LogP contribution < -0.4 is 14.8 Å². The summed E-state index contributed by atoms with van der Waals surface area (Å²) in [4.78, 5) is 4.45. The van der Waals surface area contributed by atoms with Gasteiger partial charge in [0.1, 0.15) is 11.5 Å². The number of rotatable bonds is 6. The third-order valence-corrected chi connectivity index (χ3v) is 2.89. The van der Waals surface area contributed by atoms with Gasteiger partial charge in [-0.25, -0.2) is 4.98 Å². The van der Waals surface area contributed by atoms with Crippen molar-refractivity contribution >= 4 is 0 Å². The number of nitrogens with zero attached hydrogens (tertiary/aromatic N) is 1. The number of aromatic nitrogens is 1. The van der Waals surface area contributed by atoms with Crippen LogP contribution in [0.3, 0.4) is 0 Å². The van der Waals surface area contributed by atoms with Gasteiger partial charge >= 0.3 is 0 Å². The monoisotopic (exact) mass is 272 g/mol. The molecule has 0 spiro atoms. The Bertz CT molecular complexity index is 553. The molecule has 0 aliphatic carbocycles. The first kappa shape index (κ1) is 14.3. The van der Waals surface area contributed by atoms with E-state index < -0.39 is 0 Å². The normalized spacial score (nSPS) is 10.3. The minimum Gasteiger partial charge on any atom is -0.494 e. The van der Waals surface area contributed by atoms with Crippen LogP contribution in [-0.4, -0.2) is 18.6 Å². The molecule has 0 atom stereocenters. The molecular formula is C16H20N2O2. The second-order valence-electron chi connectivity index (χ2n) is 4.43. The Kier molecular flexibility index (Phi) is 4.96. The van der Waals surface area contributed by atoms with E-state index in [0.29, 0.717) is 12.5 Å². The maximum Gasteiger partial charge on any atom is 0.219 e. The number of aryl methyl sites for hydroxylation is 1. The molecule has 0 unspecified atom stereocenters. The summed E-state index contributed by atoms with van der Waals surface area (Å²) in [5.74, 6) is 2.20. The Balaban J connectivity index is 2.07. The Labute approximate surface area is 119 Å². The minimum absolute atomic E-state index is 0.603. The van der Waals surface area contributed by atoms with E-state index in [2.05, 4.69) is 10.3 Å². The van der Waals surface area contributed by atoms with Crippen LogP contribution in [0.4, 0.5) is 0 Å². The smallest absolute Gasteiger partial charge is 0.219 e. The minimum atomic E-state index is 0.603. The highest BCUT2D eigenvalue weighted by Gasteiger charge is 2.03. The van der Waals surface area contributed by atoms with Crippen molar-refractivity contribution in [2.75, 3.05) is 13.7 Å². The van der Waals surface area contributed by atoms with Crippen molar-refractivity contribution in [1.29, 1.82) is 0 Å². The van der Waals surface area contributed by atoms with Gasteiger partial charge < -0.3 is 14.8 Å². The van der Waals surface area contributed by atoms with Gasteiger partial charge in [0, 0.05) is 18.3 Å². The zero-order chi connectivity index (χ0) is 14.4. The average molecular weight is 272 g/mol. The molecule has 0 aliphatic rings. The van der Waals surface area contributed by atoms with E-state index in [9.17, 15) is 0 Å². The molecule has 0 saturated heterocycles. The maximum atomic E-state index is 5.74. The lowest BCUT2D eigenvalue weighted by atomic mass is 10.2. The molecule has 0 saturated carbocycles. The molecule has 20 heavy (non-hydrogen) atoms. The lowest BCUT2D eigenvalue weighted by Gasteiger charge is -2.09. The molecule has 1 heterocycles. The van der Waals surface area contributed by atoms with Crippen molar-refractivity contribution in [3.63, 3.8) is 0 Å². The van der Waals surface area contributed by atoms with Crippen LogP contribution >= 0.6 is 0 Å². The molecule has 1 aromatic heterocycles. The molecule has 1 aromatic carbocycles. The standard InChI is InChI=1S/C16H20N2O2/c1-4-19-14-6-8-15(9-7-14)20-16-10-5-13(11-17-3)12(2)18-16/h5-10,17H,4,11H2,1-3H3. The Morgan fingerprint density at radius 2 is 1.75 bits per heavy atom. The van der Waals surface area contributed by atoms with Crippen LogP contribution in [0.25, 0.3) is 0 Å². The SMILES string of the molecule is CCOc1ccc(Oc2ccc(CNC)c(C)n2)cc1. The summed E-state index contributed by atoms with van der Waals surface area (Å²) in [5.41, 5.74) is 2.15. The molecule has 106 valence electrons. The fourth-order valence-electron chi connectivity index (χ4n) is 1.89. The zero-order valence-electron chi connectivity index (χ0n) is 12.1. The van der Waals surface area contributed by atoms with Gasteiger partial charge in [-0.2, -0.15) is 0 Å². The second-order valence-corrected chi connectivity index (χ2v) is 4.43. The first-order valence-electron chi connectivity index (χ1n) is 6.74. The van der Waals surface area contributed by atoms with E-state index >= 15 is 0 Å². The van der Waals surface area contributed by atoms with E-state index in [1.807, 2.05) is 57.3 Å². The zero-order valence-corrected chi connectivity index (χ0v) is 12.1. The highest BCUT2D eigenvalue weighted by atomic mass is 16.5. The summed E-state index contributed by atoms with van der Waals surface area (Å²) in [6.45, 7) is 5.41. The van der Waals surface area contributed by atoms with Gasteiger partial charge in [-0.05, 0) is 50.7 Å². The number of pyridine rings is 1. The molecule has 2 rings (SSSR count). The van der Waals surface area contributed by atoms with Crippen LogP contribution in [0.1, 0.15) is 18.2 Å². The van der Waals surface area contributed by atoms with Gasteiger partial charge in [-0.1, -0.05) is 6.07 Å². The molecule has 0 fully saturated rings. The topological polar surface area (TPSA) is 43.4 Å². The van der Waals surface area contributed by atoms with Crippen molar-refractivity contribution < 1.29 is 9.47 Å². The van der Waals surface area contributed by atoms with Crippen molar-refractivity contribution in [2.24, 2.45) is 0 Å². The highest BCUT2D eigenvalue weighted by Crippen LogP contribution is 2.23. The second kappa shape index (κ2) is 6.91. The Morgan fingerprint density at radius 1 is 1.05 bits per heavy atom. The van der Waals surface area contributed by atoms with Crippen LogP contribution in [0.5, 0.6) is 17.4 Å². The molecular weight excluding hydrogens is 252 g/mol. The van der Waals surface area contributed by atoms with Gasteiger partial charge in [0.2, 0.25) is 5.88 Å². The third-order valence-electron chi connectivity index (χ3n) is 2.89. The van der Waals surface area contributed by atoms with Crippen molar-refractivity contribution in [1.82, 2.24) is 10.3 Å². The highest BCUT2D eigenvalue weighted by molar-refractivity contribution is 5.34. The van der Waals surface area contributed by atoms with Crippen LogP contribution in [0.2, 0.25) is 0 Å². The predicted octanol–water partition coefficient (Wildman–Crippen LogP) is 3.30. The number of nitrogens with one attached hydrogen (secondary N) is 1. The third kappa shape index (κ3) is 3.71. The number of hydrogen-bond acceptors (Lipinski definition) is 4. The van der Waals surface area contributed by atoms with Crippen molar-refractivity contribution in [3.8, 4) is 17.4 Å². The van der Waals surface area contributed by atoms with Gasteiger partial charge in [0.25, 0.3) is 0 Å². The molecule has 4 nitrogen and oxygen atoms in total. The average Bonchev–Trinajstić information content (AvgIpc) is 2.44. The van der Waals surface area contributed by atoms with Gasteiger partial charge in [0.15, 0.2) is 0 Å². The van der Waals surface area contributed by atoms with Crippen molar-refractivity contribution in [3.05, 3.63) is 47.7 Å². The number of ether oxygens (including phenoxy) is 2. The molecule has 0 bridgehead atoms. The molecule has 1 N–H and O–H groups in total. The Hall–Kier alpha value is -2.07. The number of benzene rings is 1. The van der Waals surface area contributed by atoms with Crippen molar-refractivity contribution in [2.45, 2.75) is 20.4 Å².